The highest BCUT2D eigenvalue weighted by atomic mass is 32.2. The first-order valence-corrected chi connectivity index (χ1v) is 8.61. The van der Waals surface area contributed by atoms with Crippen LogP contribution in [0.15, 0.2) is 4.99 Å². The van der Waals surface area contributed by atoms with Crippen LogP contribution in [0.1, 0.15) is 46.5 Å². The molecule has 0 spiro atoms. The molecule has 0 amide bonds. The summed E-state index contributed by atoms with van der Waals surface area (Å²) in [7, 11) is 0. The zero-order valence-corrected chi connectivity index (χ0v) is 13.3. The van der Waals surface area contributed by atoms with Crippen LogP contribution >= 0.6 is 11.8 Å². The van der Waals surface area contributed by atoms with E-state index in [4.69, 9.17) is 4.99 Å². The fourth-order valence-electron chi connectivity index (χ4n) is 3.70. The Kier molecular flexibility index (Phi) is 3.82. The van der Waals surface area contributed by atoms with Gasteiger partial charge >= 0.3 is 0 Å². The van der Waals surface area contributed by atoms with E-state index in [1.807, 2.05) is 11.8 Å². The highest BCUT2D eigenvalue weighted by Crippen LogP contribution is 2.33. The predicted octanol–water partition coefficient (Wildman–Crippen LogP) is 2.72. The van der Waals surface area contributed by atoms with Crippen LogP contribution in [-0.4, -0.2) is 47.0 Å². The summed E-state index contributed by atoms with van der Waals surface area (Å²) in [5, 5.41) is 5.64. The van der Waals surface area contributed by atoms with Crippen LogP contribution in [0.2, 0.25) is 0 Å². The maximum absolute atomic E-state index is 4.73. The maximum atomic E-state index is 4.73. The van der Waals surface area contributed by atoms with Gasteiger partial charge in [-0.3, -0.25) is 9.89 Å². The Bertz CT molecular complexity index is 361. The first-order chi connectivity index (χ1) is 9.01. The minimum atomic E-state index is 0.415. The van der Waals surface area contributed by atoms with Gasteiger partial charge in [-0.2, -0.15) is 0 Å². The fraction of sp³-hybridized carbons (Fsp3) is 0.933. The maximum Gasteiger partial charge on any atom is 0.157 e. The van der Waals surface area contributed by atoms with Gasteiger partial charge in [0.25, 0.3) is 0 Å². The number of thioether (sulfide) groups is 1. The van der Waals surface area contributed by atoms with Gasteiger partial charge in [-0.1, -0.05) is 32.5 Å². The molecular formula is C15H27N3S. The van der Waals surface area contributed by atoms with Crippen LogP contribution in [0.3, 0.4) is 0 Å². The molecule has 2 saturated heterocycles. The Hall–Kier alpha value is -0.220. The molecule has 3 nitrogen and oxygen atoms in total. The molecule has 19 heavy (non-hydrogen) atoms. The van der Waals surface area contributed by atoms with E-state index in [9.17, 15) is 0 Å². The van der Waals surface area contributed by atoms with Gasteiger partial charge in [-0.25, -0.2) is 0 Å². The molecule has 3 atom stereocenters. The largest absolute Gasteiger partial charge is 0.361 e. The summed E-state index contributed by atoms with van der Waals surface area (Å²) in [6, 6.07) is 1.44. The number of hydrogen-bond acceptors (Lipinski definition) is 4. The lowest BCUT2D eigenvalue weighted by Gasteiger charge is -2.23. The first kappa shape index (κ1) is 13.7. The lowest BCUT2D eigenvalue weighted by atomic mass is 9.90. The lowest BCUT2D eigenvalue weighted by Crippen LogP contribution is -2.41. The molecule has 0 aromatic carbocycles. The molecule has 3 unspecified atom stereocenters. The normalized spacial score (nSPS) is 35.5. The first-order valence-electron chi connectivity index (χ1n) is 7.73. The Balaban J connectivity index is 1.49. The molecule has 0 bridgehead atoms. The van der Waals surface area contributed by atoms with Crippen molar-refractivity contribution in [2.24, 2.45) is 10.4 Å². The quantitative estimate of drug-likeness (QED) is 0.843. The van der Waals surface area contributed by atoms with Crippen LogP contribution in [0.25, 0.3) is 0 Å². The summed E-state index contributed by atoms with van der Waals surface area (Å²) in [5.74, 6) is 0. The van der Waals surface area contributed by atoms with Gasteiger partial charge in [0.15, 0.2) is 5.17 Å². The Morgan fingerprint density at radius 2 is 2.16 bits per heavy atom. The molecule has 3 heterocycles. The van der Waals surface area contributed by atoms with Gasteiger partial charge in [0.05, 0.1) is 6.54 Å². The molecule has 0 aromatic heterocycles. The fourth-order valence-corrected chi connectivity index (χ4v) is 5.11. The highest BCUT2D eigenvalue weighted by molar-refractivity contribution is 8.14. The van der Waals surface area contributed by atoms with E-state index in [0.717, 1.165) is 12.6 Å². The summed E-state index contributed by atoms with van der Waals surface area (Å²) in [5.41, 5.74) is 0.415. The molecule has 0 aromatic rings. The summed E-state index contributed by atoms with van der Waals surface area (Å²) >= 11 is 1.98. The number of hydrogen-bond donors (Lipinski definition) is 1. The van der Waals surface area contributed by atoms with Gasteiger partial charge in [-0.05, 0) is 37.6 Å². The Labute approximate surface area is 121 Å². The second kappa shape index (κ2) is 5.28. The van der Waals surface area contributed by atoms with Gasteiger partial charge in [-0.15, -0.1) is 0 Å². The van der Waals surface area contributed by atoms with Crippen molar-refractivity contribution in [3.8, 4) is 0 Å². The van der Waals surface area contributed by atoms with Crippen LogP contribution in [0.5, 0.6) is 0 Å². The molecule has 3 aliphatic rings. The zero-order chi connectivity index (χ0) is 13.5. The third kappa shape index (κ3) is 3.27. The third-order valence-electron chi connectivity index (χ3n) is 4.47. The van der Waals surface area contributed by atoms with Gasteiger partial charge < -0.3 is 5.32 Å². The van der Waals surface area contributed by atoms with E-state index in [-0.39, 0.29) is 0 Å². The molecule has 2 fully saturated rings. The smallest absolute Gasteiger partial charge is 0.157 e. The molecular weight excluding hydrogens is 254 g/mol. The number of nitrogens with zero attached hydrogens (tertiary/aromatic N) is 2. The molecule has 0 radical (unpaired) electrons. The third-order valence-corrected chi connectivity index (χ3v) is 5.59. The van der Waals surface area contributed by atoms with Crippen molar-refractivity contribution in [2.75, 3.05) is 19.6 Å². The average molecular weight is 281 g/mol. The summed E-state index contributed by atoms with van der Waals surface area (Å²) in [6.45, 7) is 10.6. The molecule has 0 saturated carbocycles. The van der Waals surface area contributed by atoms with Crippen molar-refractivity contribution in [2.45, 2.75) is 63.8 Å². The number of fused-ring (bicyclic) bond motifs is 1. The monoisotopic (exact) mass is 281 g/mol. The summed E-state index contributed by atoms with van der Waals surface area (Å²) in [6.07, 6.45) is 5.32. The van der Waals surface area contributed by atoms with Gasteiger partial charge in [0, 0.05) is 23.9 Å². The molecule has 0 aliphatic carbocycles. The summed E-state index contributed by atoms with van der Waals surface area (Å²) < 4.78 is 0. The minimum Gasteiger partial charge on any atom is -0.361 e. The SMILES string of the molecule is CC(C)(C)CC1CN=C(NC2CCN3CCCC23)S1. The molecule has 3 aliphatic heterocycles. The Morgan fingerprint density at radius 3 is 2.95 bits per heavy atom. The molecule has 4 heteroatoms. The van der Waals surface area contributed by atoms with Crippen LogP contribution < -0.4 is 5.32 Å². The van der Waals surface area contributed by atoms with Crippen LogP contribution in [-0.2, 0) is 0 Å². The number of aliphatic imine (C=N–C) groups is 1. The van der Waals surface area contributed by atoms with E-state index in [1.54, 1.807) is 0 Å². The van der Waals surface area contributed by atoms with E-state index >= 15 is 0 Å². The molecule has 1 N–H and O–H groups in total. The van der Waals surface area contributed by atoms with Crippen molar-refractivity contribution < 1.29 is 0 Å². The number of amidine groups is 1. The lowest BCUT2D eigenvalue weighted by molar-refractivity contribution is 0.308. The Morgan fingerprint density at radius 1 is 1.32 bits per heavy atom. The standard InChI is InChI=1S/C15H27N3S/c1-15(2,3)9-11-10-16-14(19-11)17-12-6-8-18-7-4-5-13(12)18/h11-13H,4-10H2,1-3H3,(H,16,17). The van der Waals surface area contributed by atoms with Crippen molar-refractivity contribution in [1.82, 2.24) is 10.2 Å². The van der Waals surface area contributed by atoms with E-state index in [0.29, 0.717) is 16.7 Å². The predicted molar refractivity (Wildman–Crippen MR) is 83.9 cm³/mol. The number of nitrogens with one attached hydrogen (secondary N) is 1. The van der Waals surface area contributed by atoms with Crippen LogP contribution in [0.4, 0.5) is 0 Å². The van der Waals surface area contributed by atoms with Crippen molar-refractivity contribution in [3.05, 3.63) is 0 Å². The highest BCUT2D eigenvalue weighted by Gasteiger charge is 2.38. The van der Waals surface area contributed by atoms with E-state index in [1.165, 1.54) is 43.9 Å². The second-order valence-electron chi connectivity index (χ2n) is 7.44. The summed E-state index contributed by atoms with van der Waals surface area (Å²) in [4.78, 5) is 7.39. The van der Waals surface area contributed by atoms with Gasteiger partial charge in [0.1, 0.15) is 0 Å². The average Bonchev–Trinajstić information content (AvgIpc) is 2.95. The van der Waals surface area contributed by atoms with E-state index in [2.05, 4.69) is 31.0 Å². The molecule has 108 valence electrons. The van der Waals surface area contributed by atoms with Crippen molar-refractivity contribution in [3.63, 3.8) is 0 Å². The second-order valence-corrected chi connectivity index (χ2v) is 8.72. The zero-order valence-electron chi connectivity index (χ0n) is 12.5. The van der Waals surface area contributed by atoms with E-state index < -0.39 is 0 Å². The van der Waals surface area contributed by atoms with Crippen molar-refractivity contribution >= 4 is 16.9 Å². The molecule has 3 rings (SSSR count). The van der Waals surface area contributed by atoms with Crippen molar-refractivity contribution in [1.29, 1.82) is 0 Å². The topological polar surface area (TPSA) is 27.6 Å². The number of rotatable bonds is 2. The van der Waals surface area contributed by atoms with Crippen LogP contribution in [0, 0.1) is 5.41 Å². The minimum absolute atomic E-state index is 0.415. The van der Waals surface area contributed by atoms with Gasteiger partial charge in [0.2, 0.25) is 0 Å².